The number of ether oxygens (including phenoxy) is 2. The molecule has 0 spiro atoms. The van der Waals surface area contributed by atoms with Crippen molar-refractivity contribution in [1.29, 1.82) is 0 Å². The fraction of sp³-hybridized carbons (Fsp3) is 0.200. The molecule has 1 aliphatic rings. The summed E-state index contributed by atoms with van der Waals surface area (Å²) in [4.78, 5) is 26.2. The van der Waals surface area contributed by atoms with Crippen molar-refractivity contribution in [2.45, 2.75) is 11.2 Å². The molecule has 2 amide bonds. The van der Waals surface area contributed by atoms with Gasteiger partial charge in [0.15, 0.2) is 6.29 Å². The number of carbonyl (C=O) groups is 2. The number of rotatable bonds is 6. The SMILES string of the molecule is COC(CNC(=O)c1ccc2c(c1)NC(=O)/C(=C/c1ccccc1)S2)OC. The number of benzene rings is 2. The zero-order valence-corrected chi connectivity index (χ0v) is 15.8. The van der Waals surface area contributed by atoms with Crippen molar-refractivity contribution in [3.05, 3.63) is 64.6 Å². The molecule has 0 aliphatic carbocycles. The van der Waals surface area contributed by atoms with Gasteiger partial charge in [0.2, 0.25) is 0 Å². The van der Waals surface area contributed by atoms with Crippen molar-refractivity contribution in [2.24, 2.45) is 0 Å². The molecular formula is C20H20N2O4S. The highest BCUT2D eigenvalue weighted by Crippen LogP contribution is 2.39. The predicted octanol–water partition coefficient (Wildman–Crippen LogP) is 3.12. The van der Waals surface area contributed by atoms with Crippen LogP contribution in [0, 0.1) is 0 Å². The fourth-order valence-electron chi connectivity index (χ4n) is 2.54. The molecule has 140 valence electrons. The molecule has 0 aromatic heterocycles. The van der Waals surface area contributed by atoms with E-state index in [0.717, 1.165) is 10.5 Å². The summed E-state index contributed by atoms with van der Waals surface area (Å²) in [5.74, 6) is -0.450. The number of thioether (sulfide) groups is 1. The highest BCUT2D eigenvalue weighted by Gasteiger charge is 2.22. The molecule has 2 aromatic rings. The second-order valence-electron chi connectivity index (χ2n) is 5.80. The van der Waals surface area contributed by atoms with E-state index >= 15 is 0 Å². The van der Waals surface area contributed by atoms with Crippen LogP contribution in [0.3, 0.4) is 0 Å². The van der Waals surface area contributed by atoms with Gasteiger partial charge in [0.05, 0.1) is 17.1 Å². The number of anilines is 1. The average molecular weight is 384 g/mol. The van der Waals surface area contributed by atoms with E-state index in [0.29, 0.717) is 16.2 Å². The Bertz CT molecular complexity index is 864. The van der Waals surface area contributed by atoms with Crippen LogP contribution in [0.1, 0.15) is 15.9 Å². The number of hydrogen-bond acceptors (Lipinski definition) is 5. The van der Waals surface area contributed by atoms with Crippen LogP contribution in [0.25, 0.3) is 6.08 Å². The lowest BCUT2D eigenvalue weighted by Gasteiger charge is -2.20. The summed E-state index contributed by atoms with van der Waals surface area (Å²) in [6.45, 7) is 0.230. The maximum absolute atomic E-state index is 12.4. The molecule has 0 saturated heterocycles. The van der Waals surface area contributed by atoms with E-state index in [4.69, 9.17) is 9.47 Å². The van der Waals surface area contributed by atoms with Gasteiger partial charge >= 0.3 is 0 Å². The van der Waals surface area contributed by atoms with Crippen molar-refractivity contribution in [3.63, 3.8) is 0 Å². The van der Waals surface area contributed by atoms with Crippen LogP contribution < -0.4 is 10.6 Å². The molecule has 0 fully saturated rings. The Kier molecular flexibility index (Phi) is 6.28. The second-order valence-corrected chi connectivity index (χ2v) is 6.88. The molecule has 0 radical (unpaired) electrons. The summed E-state index contributed by atoms with van der Waals surface area (Å²) < 4.78 is 10.1. The zero-order chi connectivity index (χ0) is 19.2. The molecule has 27 heavy (non-hydrogen) atoms. The van der Waals surface area contributed by atoms with Gasteiger partial charge in [-0.25, -0.2) is 0 Å². The Labute approximate surface area is 161 Å². The Morgan fingerprint density at radius 2 is 1.93 bits per heavy atom. The Morgan fingerprint density at radius 1 is 1.19 bits per heavy atom. The molecule has 0 atom stereocenters. The first-order valence-electron chi connectivity index (χ1n) is 8.34. The summed E-state index contributed by atoms with van der Waals surface area (Å²) in [6, 6.07) is 14.9. The molecule has 2 N–H and O–H groups in total. The molecule has 1 aliphatic heterocycles. The predicted molar refractivity (Wildman–Crippen MR) is 105 cm³/mol. The number of fused-ring (bicyclic) bond motifs is 1. The van der Waals surface area contributed by atoms with Crippen molar-refractivity contribution >= 4 is 35.3 Å². The summed E-state index contributed by atoms with van der Waals surface area (Å²) in [7, 11) is 3.01. The van der Waals surface area contributed by atoms with E-state index in [2.05, 4.69) is 10.6 Å². The lowest BCUT2D eigenvalue weighted by atomic mass is 10.1. The highest BCUT2D eigenvalue weighted by atomic mass is 32.2. The lowest BCUT2D eigenvalue weighted by molar-refractivity contribution is -0.112. The van der Waals surface area contributed by atoms with E-state index < -0.39 is 6.29 Å². The van der Waals surface area contributed by atoms with E-state index in [-0.39, 0.29) is 18.4 Å². The van der Waals surface area contributed by atoms with E-state index in [1.54, 1.807) is 12.1 Å². The van der Waals surface area contributed by atoms with Gasteiger partial charge in [-0.05, 0) is 29.8 Å². The summed E-state index contributed by atoms with van der Waals surface area (Å²) in [5, 5.41) is 5.60. The molecule has 2 aromatic carbocycles. The van der Waals surface area contributed by atoms with Crippen LogP contribution in [-0.4, -0.2) is 38.9 Å². The van der Waals surface area contributed by atoms with Crippen LogP contribution in [-0.2, 0) is 14.3 Å². The van der Waals surface area contributed by atoms with Gasteiger partial charge < -0.3 is 20.1 Å². The lowest BCUT2D eigenvalue weighted by Crippen LogP contribution is -2.34. The van der Waals surface area contributed by atoms with Gasteiger partial charge in [-0.2, -0.15) is 0 Å². The van der Waals surface area contributed by atoms with Crippen molar-refractivity contribution < 1.29 is 19.1 Å². The van der Waals surface area contributed by atoms with E-state index in [9.17, 15) is 9.59 Å². The Balaban J connectivity index is 1.74. The quantitative estimate of drug-likeness (QED) is 0.591. The minimum Gasteiger partial charge on any atom is -0.354 e. The van der Waals surface area contributed by atoms with Crippen LogP contribution in [0.5, 0.6) is 0 Å². The Morgan fingerprint density at radius 3 is 2.63 bits per heavy atom. The molecule has 6 nitrogen and oxygen atoms in total. The third kappa shape index (κ3) is 4.77. The monoisotopic (exact) mass is 384 g/mol. The van der Waals surface area contributed by atoms with Crippen LogP contribution in [0.15, 0.2) is 58.3 Å². The third-order valence-corrected chi connectivity index (χ3v) is 5.09. The standard InChI is InChI=1S/C20H20N2O4S/c1-25-18(26-2)12-21-19(23)14-8-9-16-15(11-14)22-20(24)17(27-16)10-13-6-4-3-5-7-13/h3-11,18H,12H2,1-2H3,(H,21,23)(H,22,24)/b17-10-. The number of methoxy groups -OCH3 is 2. The molecule has 7 heteroatoms. The smallest absolute Gasteiger partial charge is 0.262 e. The molecule has 0 unspecified atom stereocenters. The topological polar surface area (TPSA) is 76.7 Å². The van der Waals surface area contributed by atoms with E-state index in [1.165, 1.54) is 26.0 Å². The third-order valence-electron chi connectivity index (χ3n) is 3.99. The number of carbonyl (C=O) groups excluding carboxylic acids is 2. The van der Waals surface area contributed by atoms with Crippen molar-refractivity contribution in [2.75, 3.05) is 26.1 Å². The molecular weight excluding hydrogens is 364 g/mol. The van der Waals surface area contributed by atoms with E-state index in [1.807, 2.05) is 42.5 Å². The summed E-state index contributed by atoms with van der Waals surface area (Å²) in [6.07, 6.45) is 1.34. The van der Waals surface area contributed by atoms with Crippen LogP contribution in [0.2, 0.25) is 0 Å². The first kappa shape index (κ1) is 19.2. The zero-order valence-electron chi connectivity index (χ0n) is 15.0. The van der Waals surface area contributed by atoms with Gasteiger partial charge in [-0.3, -0.25) is 9.59 Å². The first-order valence-corrected chi connectivity index (χ1v) is 9.16. The molecule has 1 heterocycles. The number of nitrogens with one attached hydrogen (secondary N) is 2. The van der Waals surface area contributed by atoms with Gasteiger partial charge in [0.1, 0.15) is 0 Å². The second kappa shape index (κ2) is 8.85. The van der Waals surface area contributed by atoms with Crippen LogP contribution in [0.4, 0.5) is 5.69 Å². The Hall–Kier alpha value is -2.61. The average Bonchev–Trinajstić information content (AvgIpc) is 2.69. The molecule has 0 saturated carbocycles. The molecule has 0 bridgehead atoms. The minimum absolute atomic E-state index is 0.187. The van der Waals surface area contributed by atoms with Gasteiger partial charge in [-0.1, -0.05) is 42.1 Å². The fourth-order valence-corrected chi connectivity index (χ4v) is 3.47. The number of amides is 2. The number of hydrogen-bond donors (Lipinski definition) is 2. The van der Waals surface area contributed by atoms with Gasteiger partial charge in [-0.15, -0.1) is 0 Å². The molecule has 3 rings (SSSR count). The minimum atomic E-state index is -0.507. The normalized spacial score (nSPS) is 14.8. The maximum Gasteiger partial charge on any atom is 0.262 e. The first-order chi connectivity index (χ1) is 13.1. The van der Waals surface area contributed by atoms with Gasteiger partial charge in [0.25, 0.3) is 11.8 Å². The van der Waals surface area contributed by atoms with Crippen molar-refractivity contribution in [3.8, 4) is 0 Å². The van der Waals surface area contributed by atoms with Crippen molar-refractivity contribution in [1.82, 2.24) is 5.32 Å². The largest absolute Gasteiger partial charge is 0.354 e. The maximum atomic E-state index is 12.4. The van der Waals surface area contributed by atoms with Gasteiger partial charge in [0, 0.05) is 24.7 Å². The summed E-state index contributed by atoms with van der Waals surface area (Å²) in [5.41, 5.74) is 2.04. The summed E-state index contributed by atoms with van der Waals surface area (Å²) >= 11 is 1.38. The highest BCUT2D eigenvalue weighted by molar-refractivity contribution is 8.04. The van der Waals surface area contributed by atoms with Crippen LogP contribution >= 0.6 is 11.8 Å².